The first-order chi connectivity index (χ1) is 8.94. The predicted molar refractivity (Wildman–Crippen MR) is 76.7 cm³/mol. The van der Waals surface area contributed by atoms with Crippen LogP contribution in [0, 0.1) is 6.92 Å². The lowest BCUT2D eigenvalue weighted by Gasteiger charge is -2.13. The fourth-order valence-corrected chi connectivity index (χ4v) is 5.05. The third kappa shape index (κ3) is 3.11. The highest BCUT2D eigenvalue weighted by Gasteiger charge is 2.25. The standard InChI is InChI=1S/C10H14N4O2S3/c1-3-7(8-12-4-5-17-8)14-19(15,16)9-6(2)13-10(11)18-9/h4-5,7,14H,3H2,1-2H3,(H2,11,13). The highest BCUT2D eigenvalue weighted by atomic mass is 32.2. The molecule has 0 bridgehead atoms. The monoisotopic (exact) mass is 318 g/mol. The Balaban J connectivity index is 2.28. The van der Waals surface area contributed by atoms with E-state index >= 15 is 0 Å². The van der Waals surface area contributed by atoms with Gasteiger partial charge in [0.1, 0.15) is 5.01 Å². The van der Waals surface area contributed by atoms with Crippen molar-refractivity contribution in [1.82, 2.24) is 14.7 Å². The summed E-state index contributed by atoms with van der Waals surface area (Å²) in [6, 6.07) is -0.326. The number of sulfonamides is 1. The maximum atomic E-state index is 12.3. The largest absolute Gasteiger partial charge is 0.375 e. The van der Waals surface area contributed by atoms with Crippen molar-refractivity contribution >= 4 is 37.8 Å². The van der Waals surface area contributed by atoms with Crippen molar-refractivity contribution in [1.29, 1.82) is 0 Å². The van der Waals surface area contributed by atoms with Gasteiger partial charge in [0.25, 0.3) is 10.0 Å². The zero-order valence-corrected chi connectivity index (χ0v) is 12.9. The zero-order valence-electron chi connectivity index (χ0n) is 10.5. The van der Waals surface area contributed by atoms with Gasteiger partial charge in [-0.15, -0.1) is 11.3 Å². The summed E-state index contributed by atoms with van der Waals surface area (Å²) < 4.78 is 27.4. The Kier molecular flexibility index (Phi) is 4.19. The molecule has 0 amide bonds. The molecule has 2 aromatic rings. The van der Waals surface area contributed by atoms with Crippen molar-refractivity contribution in [2.24, 2.45) is 0 Å². The molecule has 6 nitrogen and oxygen atoms in total. The van der Waals surface area contributed by atoms with E-state index in [2.05, 4.69) is 14.7 Å². The molecule has 0 saturated carbocycles. The van der Waals surface area contributed by atoms with Crippen molar-refractivity contribution in [2.45, 2.75) is 30.5 Å². The highest BCUT2D eigenvalue weighted by Crippen LogP contribution is 2.27. The molecule has 0 aliphatic heterocycles. The summed E-state index contributed by atoms with van der Waals surface area (Å²) in [5, 5.41) is 2.82. The van der Waals surface area contributed by atoms with Gasteiger partial charge in [-0.25, -0.2) is 23.1 Å². The number of hydrogen-bond donors (Lipinski definition) is 2. The number of rotatable bonds is 5. The molecule has 2 rings (SSSR count). The van der Waals surface area contributed by atoms with Crippen LogP contribution in [0.5, 0.6) is 0 Å². The zero-order chi connectivity index (χ0) is 14.0. The molecule has 0 spiro atoms. The second-order valence-electron chi connectivity index (χ2n) is 3.88. The van der Waals surface area contributed by atoms with Crippen LogP contribution in [0.2, 0.25) is 0 Å². The van der Waals surface area contributed by atoms with Gasteiger partial charge in [0.2, 0.25) is 0 Å². The Morgan fingerprint density at radius 1 is 1.53 bits per heavy atom. The Morgan fingerprint density at radius 2 is 2.26 bits per heavy atom. The summed E-state index contributed by atoms with van der Waals surface area (Å²) in [6.45, 7) is 3.54. The second kappa shape index (κ2) is 5.53. The van der Waals surface area contributed by atoms with Crippen LogP contribution in [0.1, 0.15) is 30.1 Å². The number of nitrogens with two attached hydrogens (primary N) is 1. The predicted octanol–water partition coefficient (Wildman–Crippen LogP) is 1.92. The quantitative estimate of drug-likeness (QED) is 0.877. The molecule has 19 heavy (non-hydrogen) atoms. The minimum atomic E-state index is -3.61. The average molecular weight is 318 g/mol. The molecule has 0 radical (unpaired) electrons. The summed E-state index contributed by atoms with van der Waals surface area (Å²) >= 11 is 2.40. The van der Waals surface area contributed by atoms with Gasteiger partial charge in [0, 0.05) is 11.6 Å². The van der Waals surface area contributed by atoms with Crippen molar-refractivity contribution in [3.8, 4) is 0 Å². The van der Waals surface area contributed by atoms with Crippen LogP contribution in [-0.4, -0.2) is 18.4 Å². The lowest BCUT2D eigenvalue weighted by molar-refractivity contribution is 0.550. The molecule has 2 heterocycles. The Morgan fingerprint density at radius 3 is 2.74 bits per heavy atom. The molecule has 104 valence electrons. The van der Waals surface area contributed by atoms with E-state index in [1.807, 2.05) is 12.3 Å². The first kappa shape index (κ1) is 14.4. The molecule has 0 saturated heterocycles. The molecule has 2 aromatic heterocycles. The van der Waals surface area contributed by atoms with E-state index in [1.165, 1.54) is 11.3 Å². The number of aromatic nitrogens is 2. The minimum absolute atomic E-state index is 0.167. The maximum absolute atomic E-state index is 12.3. The van der Waals surface area contributed by atoms with Crippen molar-refractivity contribution in [3.05, 3.63) is 22.3 Å². The third-order valence-electron chi connectivity index (χ3n) is 2.47. The van der Waals surface area contributed by atoms with Crippen LogP contribution >= 0.6 is 22.7 Å². The van der Waals surface area contributed by atoms with Crippen LogP contribution < -0.4 is 10.5 Å². The number of nitrogens with zero attached hydrogens (tertiary/aromatic N) is 2. The SMILES string of the molecule is CCC(NS(=O)(=O)c1sc(N)nc1C)c1nccs1. The van der Waals surface area contributed by atoms with E-state index < -0.39 is 10.0 Å². The van der Waals surface area contributed by atoms with Gasteiger partial charge in [-0.2, -0.15) is 0 Å². The number of aryl methyl sites for hydroxylation is 1. The molecule has 9 heteroatoms. The second-order valence-corrected chi connectivity index (χ2v) is 7.74. The van der Waals surface area contributed by atoms with E-state index in [4.69, 9.17) is 5.73 Å². The van der Waals surface area contributed by atoms with Gasteiger partial charge in [-0.3, -0.25) is 0 Å². The van der Waals surface area contributed by atoms with Gasteiger partial charge < -0.3 is 5.73 Å². The van der Waals surface area contributed by atoms with E-state index in [0.29, 0.717) is 12.1 Å². The van der Waals surface area contributed by atoms with Crippen molar-refractivity contribution in [2.75, 3.05) is 5.73 Å². The minimum Gasteiger partial charge on any atom is -0.375 e. The van der Waals surface area contributed by atoms with Crippen molar-refractivity contribution in [3.63, 3.8) is 0 Å². The Labute approximate surface area is 119 Å². The fraction of sp³-hybridized carbons (Fsp3) is 0.400. The Hall–Kier alpha value is -1.03. The molecule has 1 unspecified atom stereocenters. The Bertz CT molecular complexity index is 648. The summed E-state index contributed by atoms with van der Waals surface area (Å²) in [6.07, 6.45) is 2.28. The molecule has 1 atom stereocenters. The van der Waals surface area contributed by atoms with Crippen LogP contribution in [0.3, 0.4) is 0 Å². The van der Waals surface area contributed by atoms with E-state index in [0.717, 1.165) is 16.3 Å². The molecular formula is C10H14N4O2S3. The normalized spacial score (nSPS) is 13.6. The van der Waals surface area contributed by atoms with Gasteiger partial charge in [0.15, 0.2) is 9.34 Å². The summed E-state index contributed by atoms with van der Waals surface area (Å²) in [5.74, 6) is 0. The topological polar surface area (TPSA) is 98.0 Å². The first-order valence-electron chi connectivity index (χ1n) is 5.58. The summed E-state index contributed by atoms with van der Waals surface area (Å²) in [4.78, 5) is 8.08. The molecular weight excluding hydrogens is 304 g/mol. The molecule has 0 aliphatic rings. The average Bonchev–Trinajstić information content (AvgIpc) is 2.96. The van der Waals surface area contributed by atoms with Crippen molar-refractivity contribution < 1.29 is 8.42 Å². The number of nitrogens with one attached hydrogen (secondary N) is 1. The third-order valence-corrected chi connectivity index (χ3v) is 6.43. The van der Waals surface area contributed by atoms with Crippen LogP contribution in [0.4, 0.5) is 5.13 Å². The number of thiazole rings is 2. The van der Waals surface area contributed by atoms with Gasteiger partial charge in [-0.1, -0.05) is 18.3 Å². The molecule has 3 N–H and O–H groups in total. The molecule has 0 aromatic carbocycles. The van der Waals surface area contributed by atoms with Crippen LogP contribution in [0.15, 0.2) is 15.8 Å². The maximum Gasteiger partial charge on any atom is 0.252 e. The smallest absolute Gasteiger partial charge is 0.252 e. The van der Waals surface area contributed by atoms with E-state index in [1.54, 1.807) is 13.1 Å². The van der Waals surface area contributed by atoms with Crippen LogP contribution in [-0.2, 0) is 10.0 Å². The first-order valence-corrected chi connectivity index (χ1v) is 8.76. The van der Waals surface area contributed by atoms with E-state index in [9.17, 15) is 8.42 Å². The van der Waals surface area contributed by atoms with Gasteiger partial charge in [-0.05, 0) is 13.3 Å². The fourth-order valence-electron chi connectivity index (χ4n) is 1.61. The number of hydrogen-bond acceptors (Lipinski definition) is 7. The summed E-state index contributed by atoms with van der Waals surface area (Å²) in [5.41, 5.74) is 5.96. The summed E-state index contributed by atoms with van der Waals surface area (Å²) in [7, 11) is -3.61. The number of anilines is 1. The molecule has 0 aliphatic carbocycles. The lowest BCUT2D eigenvalue weighted by atomic mass is 10.3. The number of nitrogen functional groups attached to an aromatic ring is 1. The molecule has 0 fully saturated rings. The lowest BCUT2D eigenvalue weighted by Crippen LogP contribution is -2.28. The van der Waals surface area contributed by atoms with Gasteiger partial charge in [0.05, 0.1) is 11.7 Å². The van der Waals surface area contributed by atoms with Crippen LogP contribution in [0.25, 0.3) is 0 Å². The van der Waals surface area contributed by atoms with E-state index in [-0.39, 0.29) is 15.4 Å². The highest BCUT2D eigenvalue weighted by molar-refractivity contribution is 7.91. The van der Waals surface area contributed by atoms with Gasteiger partial charge >= 0.3 is 0 Å².